The average Bonchev–Trinajstić information content (AvgIpc) is 3.37. The lowest BCUT2D eigenvalue weighted by atomic mass is 10.1. The fourth-order valence-electron chi connectivity index (χ4n) is 7.37. The number of aliphatic hydroxyl groups excluding tert-OH is 1. The summed E-state index contributed by atoms with van der Waals surface area (Å²) in [5, 5.41) is 25.4. The highest BCUT2D eigenvalue weighted by atomic mass is 32.2. The molecule has 0 radical (unpaired) electrons. The summed E-state index contributed by atoms with van der Waals surface area (Å²) < 4.78 is 10.8. The van der Waals surface area contributed by atoms with E-state index >= 15 is 0 Å². The molecule has 0 fully saturated rings. The van der Waals surface area contributed by atoms with E-state index in [4.69, 9.17) is 19.4 Å². The lowest BCUT2D eigenvalue weighted by Gasteiger charge is -2.20. The molecule has 1 atom stereocenters. The first-order valence-corrected chi connectivity index (χ1v) is 26.1. The number of ether oxygens (including phenoxy) is 2. The van der Waals surface area contributed by atoms with Gasteiger partial charge in [0.15, 0.2) is 11.3 Å². The number of pyridine rings is 2. The molecule has 0 spiro atoms. The molecular weight excluding hydrogens is 1000 g/mol. The number of aliphatic hydroxyl groups is 1. The van der Waals surface area contributed by atoms with Crippen molar-refractivity contribution in [3.05, 3.63) is 144 Å². The smallest absolute Gasteiger partial charge is 0.412 e. The summed E-state index contributed by atoms with van der Waals surface area (Å²) in [6.07, 6.45) is 0.418. The zero-order valence-corrected chi connectivity index (χ0v) is 45.4. The van der Waals surface area contributed by atoms with Crippen molar-refractivity contribution in [1.29, 1.82) is 0 Å². The Hall–Kier alpha value is -7.91. The Bertz CT molecular complexity index is 3400. The van der Waals surface area contributed by atoms with E-state index in [2.05, 4.69) is 79.7 Å². The van der Waals surface area contributed by atoms with Crippen molar-refractivity contribution >= 4 is 98.1 Å². The predicted molar refractivity (Wildman–Crippen MR) is 299 cm³/mol. The quantitative estimate of drug-likeness (QED) is 0.0352. The van der Waals surface area contributed by atoms with Crippen molar-refractivity contribution in [1.82, 2.24) is 40.8 Å². The lowest BCUT2D eigenvalue weighted by molar-refractivity contribution is 0.0624. The van der Waals surface area contributed by atoms with Crippen molar-refractivity contribution in [2.24, 2.45) is 0 Å². The molecule has 7 N–H and O–H groups in total. The Balaban J connectivity index is 1.04. The number of anilines is 6. The van der Waals surface area contributed by atoms with Crippen LogP contribution in [0, 0.1) is 0 Å². The Kier molecular flexibility index (Phi) is 16.7. The van der Waals surface area contributed by atoms with Gasteiger partial charge in [-0.3, -0.25) is 20.9 Å². The van der Waals surface area contributed by atoms with Crippen molar-refractivity contribution in [2.45, 2.75) is 118 Å². The van der Waals surface area contributed by atoms with Crippen LogP contribution in [0.2, 0.25) is 0 Å². The topological polar surface area (TPSA) is 239 Å². The number of nitrogens with one attached hydrogen (secondary N) is 6. The Labute approximate surface area is 449 Å². The number of benzene rings is 4. The molecule has 392 valence electrons. The summed E-state index contributed by atoms with van der Waals surface area (Å²) in [6.45, 7) is 19.1. The fraction of sp³-hybridized carbons (Fsp3) is 0.268. The van der Waals surface area contributed by atoms with Gasteiger partial charge in [-0.2, -0.15) is 0 Å². The molecule has 4 aromatic heterocycles. The molecule has 0 aliphatic rings. The zero-order valence-electron chi connectivity index (χ0n) is 43.8. The van der Waals surface area contributed by atoms with Gasteiger partial charge in [0, 0.05) is 47.9 Å². The van der Waals surface area contributed by atoms with Crippen LogP contribution < -0.4 is 32.1 Å². The highest BCUT2D eigenvalue weighted by molar-refractivity contribution is 7.99. The molecule has 8 rings (SSSR count). The summed E-state index contributed by atoms with van der Waals surface area (Å²) in [5.41, 5.74) is 10.0. The molecule has 4 aromatic carbocycles. The molecule has 1 unspecified atom stereocenters. The molecular formula is C56H60N12O6S2. The van der Waals surface area contributed by atoms with Crippen LogP contribution >= 0.6 is 23.5 Å². The van der Waals surface area contributed by atoms with Crippen LogP contribution in [0.3, 0.4) is 0 Å². The Morgan fingerprint density at radius 3 is 1.45 bits per heavy atom. The molecule has 8 aromatic rings. The van der Waals surface area contributed by atoms with E-state index in [0.717, 1.165) is 31.0 Å². The van der Waals surface area contributed by atoms with Gasteiger partial charge in [0.2, 0.25) is 0 Å². The van der Waals surface area contributed by atoms with Crippen LogP contribution in [0.15, 0.2) is 141 Å². The molecule has 4 heterocycles. The van der Waals surface area contributed by atoms with Crippen molar-refractivity contribution in [2.75, 3.05) is 21.3 Å². The second kappa shape index (κ2) is 23.3. The standard InChI is InChI=1S/C56H60N12O6S2/c1-31(2)41-23-21-39-47(63-41)57-29-59-49(39)65-43-27-33(11-25-45(43)75-37-17-13-35(14-18-37)61-53(71)73-55(5,6)7)51(69)67-68-52(70)34-12-26-46(76-38-19-15-36(16-20-38)62-54(72)74-56(8,9)10)44(28-34)66-50-40-22-24-42(32(3)4)64-48(40)58-30-60-50/h11-32,51,67,69H,1-10H3,(H,61,71)(H,62,72)(H,68,70)(H,57,59,63,65)(H,58,60,64,66). The van der Waals surface area contributed by atoms with Crippen LogP contribution in [0.1, 0.15) is 115 Å². The van der Waals surface area contributed by atoms with Gasteiger partial charge in [0.25, 0.3) is 5.91 Å². The third-order valence-electron chi connectivity index (χ3n) is 11.1. The van der Waals surface area contributed by atoms with Gasteiger partial charge in [0.05, 0.1) is 22.1 Å². The Morgan fingerprint density at radius 1 is 0.553 bits per heavy atom. The summed E-state index contributed by atoms with van der Waals surface area (Å²) in [5.74, 6) is 0.855. The highest BCUT2D eigenvalue weighted by Crippen LogP contribution is 2.39. The van der Waals surface area contributed by atoms with Crippen LogP contribution in [-0.2, 0) is 9.47 Å². The van der Waals surface area contributed by atoms with E-state index in [1.165, 1.54) is 36.2 Å². The second-order valence-corrected chi connectivity index (χ2v) is 22.4. The second-order valence-electron chi connectivity index (χ2n) is 20.2. The first kappa shape index (κ1) is 54.4. The lowest BCUT2D eigenvalue weighted by Crippen LogP contribution is -2.40. The first-order valence-electron chi connectivity index (χ1n) is 24.5. The number of carbonyl (C=O) groups is 3. The van der Waals surface area contributed by atoms with Gasteiger partial charge < -0.3 is 25.2 Å². The number of nitrogens with zero attached hydrogens (tertiary/aromatic N) is 6. The summed E-state index contributed by atoms with van der Waals surface area (Å²) in [6, 6.07) is 33.0. The van der Waals surface area contributed by atoms with Crippen molar-refractivity contribution < 1.29 is 29.0 Å². The van der Waals surface area contributed by atoms with E-state index in [0.29, 0.717) is 62.0 Å². The van der Waals surface area contributed by atoms with E-state index in [1.807, 2.05) is 60.7 Å². The van der Waals surface area contributed by atoms with E-state index < -0.39 is 35.5 Å². The number of hydrogen-bond acceptors (Lipinski definition) is 17. The molecule has 0 saturated carbocycles. The van der Waals surface area contributed by atoms with Crippen molar-refractivity contribution in [3.8, 4) is 0 Å². The van der Waals surface area contributed by atoms with Crippen LogP contribution in [-0.4, -0.2) is 64.3 Å². The zero-order chi connectivity index (χ0) is 54.3. The number of hydrogen-bond donors (Lipinski definition) is 7. The first-order chi connectivity index (χ1) is 36.1. The minimum absolute atomic E-state index is 0.192. The van der Waals surface area contributed by atoms with Crippen LogP contribution in [0.4, 0.5) is 44.0 Å². The minimum Gasteiger partial charge on any atom is -0.444 e. The average molecular weight is 1060 g/mol. The summed E-state index contributed by atoms with van der Waals surface area (Å²) in [4.78, 5) is 69.7. The van der Waals surface area contributed by atoms with E-state index in [9.17, 15) is 19.5 Å². The number of hydrazine groups is 1. The number of fused-ring (bicyclic) bond motifs is 2. The van der Waals surface area contributed by atoms with E-state index in [-0.39, 0.29) is 17.4 Å². The normalized spacial score (nSPS) is 12.1. The molecule has 76 heavy (non-hydrogen) atoms. The molecule has 3 amide bonds. The number of amides is 3. The van der Waals surface area contributed by atoms with Crippen LogP contribution in [0.25, 0.3) is 22.1 Å². The molecule has 0 saturated heterocycles. The van der Waals surface area contributed by atoms with Gasteiger partial charge in [-0.05, 0) is 162 Å². The maximum Gasteiger partial charge on any atom is 0.412 e. The van der Waals surface area contributed by atoms with Gasteiger partial charge in [0.1, 0.15) is 41.7 Å². The third-order valence-corrected chi connectivity index (χ3v) is 13.2. The van der Waals surface area contributed by atoms with Gasteiger partial charge in [-0.1, -0.05) is 57.3 Å². The fourth-order valence-corrected chi connectivity index (χ4v) is 9.14. The number of rotatable bonds is 16. The maximum absolute atomic E-state index is 14.0. The highest BCUT2D eigenvalue weighted by Gasteiger charge is 2.21. The summed E-state index contributed by atoms with van der Waals surface area (Å²) >= 11 is 2.89. The van der Waals surface area contributed by atoms with Gasteiger partial charge >= 0.3 is 12.2 Å². The molecule has 0 bridgehead atoms. The SMILES string of the molecule is CC(C)c1ccc2c(Nc3cc(C(=O)NNC(O)c4ccc(Sc5ccc(NC(=O)OC(C)(C)C)cc5)c(Nc5ncnc6nc(C(C)C)ccc56)c4)ccc3Sc3ccc(NC(=O)OC(C)(C)C)cc3)ncnc2n1. The maximum atomic E-state index is 14.0. The number of aromatic nitrogens is 6. The summed E-state index contributed by atoms with van der Waals surface area (Å²) in [7, 11) is 0. The van der Waals surface area contributed by atoms with Gasteiger partial charge in [-0.25, -0.2) is 44.9 Å². The molecule has 20 heteroatoms. The monoisotopic (exact) mass is 1060 g/mol. The number of carbonyl (C=O) groups excluding carboxylic acids is 3. The van der Waals surface area contributed by atoms with Crippen LogP contribution in [0.5, 0.6) is 0 Å². The molecule has 18 nitrogen and oxygen atoms in total. The minimum atomic E-state index is -1.37. The van der Waals surface area contributed by atoms with Crippen molar-refractivity contribution in [3.63, 3.8) is 0 Å². The Morgan fingerprint density at radius 2 is 1.00 bits per heavy atom. The molecule has 0 aliphatic heterocycles. The predicted octanol–water partition coefficient (Wildman–Crippen LogP) is 13.0. The molecule has 0 aliphatic carbocycles. The largest absolute Gasteiger partial charge is 0.444 e. The van der Waals surface area contributed by atoms with E-state index in [1.54, 1.807) is 90.1 Å². The third kappa shape index (κ3) is 14.5. The van der Waals surface area contributed by atoms with Gasteiger partial charge in [-0.15, -0.1) is 0 Å².